The highest BCUT2D eigenvalue weighted by atomic mass is 31.2. The van der Waals surface area contributed by atoms with E-state index in [1.54, 1.807) is 0 Å². The van der Waals surface area contributed by atoms with E-state index < -0.39 is 19.5 Å². The highest BCUT2D eigenvalue weighted by Gasteiger charge is 2.35. The molecule has 0 saturated heterocycles. The second kappa shape index (κ2) is 8.79. The molecule has 0 spiro atoms. The highest BCUT2D eigenvalue weighted by molar-refractivity contribution is 7.54. The van der Waals surface area contributed by atoms with E-state index in [1.807, 2.05) is 30.3 Å². The molecule has 0 radical (unpaired) electrons. The molecule has 1 atom stereocenters. The number of carbonyl (C=O) groups excluding carboxylic acids is 1. The van der Waals surface area contributed by atoms with Gasteiger partial charge in [-0.05, 0) is 5.56 Å². The topological polar surface area (TPSA) is 94.1 Å². The van der Waals surface area contributed by atoms with Crippen LogP contribution in [0.1, 0.15) is 12.0 Å². The van der Waals surface area contributed by atoms with Gasteiger partial charge in [-0.15, -0.1) is 0 Å². The molecule has 21 heavy (non-hydrogen) atoms. The molecule has 0 aliphatic rings. The van der Waals surface area contributed by atoms with E-state index in [0.717, 1.165) is 5.56 Å². The van der Waals surface area contributed by atoms with Crippen LogP contribution in [-0.2, 0) is 25.0 Å². The third-order valence-corrected chi connectivity index (χ3v) is 4.96. The Bertz CT molecular complexity index is 473. The van der Waals surface area contributed by atoms with Crippen molar-refractivity contribution in [3.63, 3.8) is 0 Å². The van der Waals surface area contributed by atoms with Crippen molar-refractivity contribution >= 4 is 13.7 Å². The number of alkyl carbamates (subject to hydrolysis) is 1. The zero-order chi connectivity index (χ0) is 15.7. The van der Waals surface area contributed by atoms with Crippen LogP contribution < -0.4 is 5.32 Å². The van der Waals surface area contributed by atoms with Crippen molar-refractivity contribution in [2.45, 2.75) is 18.8 Å². The summed E-state index contributed by atoms with van der Waals surface area (Å²) in [6, 6.07) is 9.14. The smallest absolute Gasteiger partial charge is 0.408 e. The number of carbonyl (C=O) groups is 1. The average Bonchev–Trinajstić information content (AvgIpc) is 2.52. The minimum Gasteiger partial charge on any atom is -0.445 e. The van der Waals surface area contributed by atoms with E-state index in [0.29, 0.717) is 0 Å². The number of rotatable bonds is 8. The number of aliphatic hydroxyl groups excluding tert-OH is 1. The fourth-order valence-corrected chi connectivity index (χ4v) is 3.01. The van der Waals surface area contributed by atoms with E-state index in [2.05, 4.69) is 5.32 Å². The molecule has 0 unspecified atom stereocenters. The Morgan fingerprint density at radius 2 is 1.90 bits per heavy atom. The van der Waals surface area contributed by atoms with Gasteiger partial charge in [-0.2, -0.15) is 0 Å². The van der Waals surface area contributed by atoms with Crippen molar-refractivity contribution in [1.82, 2.24) is 5.32 Å². The number of ether oxygens (including phenoxy) is 1. The maximum atomic E-state index is 12.2. The standard InChI is InChI=1S/C13H20NO6P/c1-18-21(17,19-2)12(8-9-15)14-13(16)20-10-11-6-4-3-5-7-11/h3-7,12,15H,8-10H2,1-2H3,(H,14,16)/t12-/m0/s1. The van der Waals surface area contributed by atoms with Gasteiger partial charge in [-0.1, -0.05) is 30.3 Å². The summed E-state index contributed by atoms with van der Waals surface area (Å²) < 4.78 is 26.9. The Labute approximate surface area is 123 Å². The zero-order valence-corrected chi connectivity index (χ0v) is 12.9. The molecule has 0 heterocycles. The number of hydrogen-bond acceptors (Lipinski definition) is 6. The van der Waals surface area contributed by atoms with Crippen molar-refractivity contribution in [3.05, 3.63) is 35.9 Å². The van der Waals surface area contributed by atoms with Crippen molar-refractivity contribution in [2.75, 3.05) is 20.8 Å². The third-order valence-electron chi connectivity index (χ3n) is 2.79. The first-order valence-corrected chi connectivity index (χ1v) is 7.96. The number of nitrogens with one attached hydrogen (secondary N) is 1. The van der Waals surface area contributed by atoms with Crippen LogP contribution >= 0.6 is 7.60 Å². The summed E-state index contributed by atoms with van der Waals surface area (Å²) in [5.41, 5.74) is 0.827. The molecule has 1 aromatic rings. The van der Waals surface area contributed by atoms with Gasteiger partial charge in [0.15, 0.2) is 0 Å². The van der Waals surface area contributed by atoms with Crippen LogP contribution in [0.3, 0.4) is 0 Å². The maximum Gasteiger partial charge on any atom is 0.408 e. The Balaban J connectivity index is 2.58. The van der Waals surface area contributed by atoms with E-state index in [9.17, 15) is 9.36 Å². The molecule has 1 rings (SSSR count). The number of hydrogen-bond donors (Lipinski definition) is 2. The molecule has 8 heteroatoms. The highest BCUT2D eigenvalue weighted by Crippen LogP contribution is 2.51. The van der Waals surface area contributed by atoms with Crippen LogP contribution in [0.4, 0.5) is 4.79 Å². The van der Waals surface area contributed by atoms with Crippen LogP contribution in [0.15, 0.2) is 30.3 Å². The minimum atomic E-state index is -3.53. The largest absolute Gasteiger partial charge is 0.445 e. The normalized spacial score (nSPS) is 12.7. The summed E-state index contributed by atoms with van der Waals surface area (Å²) in [6.07, 6.45) is -0.731. The number of aliphatic hydroxyl groups is 1. The quantitative estimate of drug-likeness (QED) is 0.713. The molecule has 1 amide bonds. The van der Waals surface area contributed by atoms with Gasteiger partial charge in [0.05, 0.1) is 0 Å². The Hall–Kier alpha value is -1.40. The zero-order valence-electron chi connectivity index (χ0n) is 12.0. The van der Waals surface area contributed by atoms with Gasteiger partial charge < -0.3 is 24.2 Å². The molecule has 118 valence electrons. The Kier molecular flexibility index (Phi) is 7.39. The average molecular weight is 317 g/mol. The minimum absolute atomic E-state index is 0.0272. The lowest BCUT2D eigenvalue weighted by Gasteiger charge is -2.24. The summed E-state index contributed by atoms with van der Waals surface area (Å²) in [5.74, 6) is -0.972. The van der Waals surface area contributed by atoms with Crippen LogP contribution in [0, 0.1) is 0 Å². The second-order valence-corrected chi connectivity index (χ2v) is 6.57. The molecular weight excluding hydrogens is 297 g/mol. The van der Waals surface area contributed by atoms with Crippen molar-refractivity contribution in [3.8, 4) is 0 Å². The lowest BCUT2D eigenvalue weighted by atomic mass is 10.2. The summed E-state index contributed by atoms with van der Waals surface area (Å²) in [7, 11) is -1.10. The first-order chi connectivity index (χ1) is 10.1. The number of benzene rings is 1. The van der Waals surface area contributed by atoms with Gasteiger partial charge in [-0.3, -0.25) is 4.57 Å². The van der Waals surface area contributed by atoms with Gasteiger partial charge in [0.1, 0.15) is 12.4 Å². The molecule has 0 aliphatic heterocycles. The van der Waals surface area contributed by atoms with Gasteiger partial charge in [0, 0.05) is 27.2 Å². The number of amides is 1. The predicted molar refractivity (Wildman–Crippen MR) is 76.9 cm³/mol. The maximum absolute atomic E-state index is 12.2. The van der Waals surface area contributed by atoms with Crippen LogP contribution in [0.25, 0.3) is 0 Å². The molecule has 0 fully saturated rings. The molecule has 7 nitrogen and oxygen atoms in total. The molecule has 1 aromatic carbocycles. The lowest BCUT2D eigenvalue weighted by molar-refractivity contribution is 0.134. The van der Waals surface area contributed by atoms with Crippen molar-refractivity contribution in [2.24, 2.45) is 0 Å². The van der Waals surface area contributed by atoms with Gasteiger partial charge >= 0.3 is 13.7 Å². The Morgan fingerprint density at radius 1 is 1.29 bits per heavy atom. The second-order valence-electron chi connectivity index (χ2n) is 4.14. The third kappa shape index (κ3) is 5.47. The summed E-state index contributed by atoms with van der Waals surface area (Å²) in [4.78, 5) is 11.7. The predicted octanol–water partition coefficient (Wildman–Crippen LogP) is 2.11. The summed E-state index contributed by atoms with van der Waals surface area (Å²) in [5, 5.41) is 11.4. The van der Waals surface area contributed by atoms with Gasteiger partial charge in [-0.25, -0.2) is 4.79 Å². The van der Waals surface area contributed by atoms with Crippen LogP contribution in [0.5, 0.6) is 0 Å². The molecule has 0 aliphatic carbocycles. The first kappa shape index (κ1) is 17.7. The van der Waals surface area contributed by atoms with E-state index in [4.69, 9.17) is 18.9 Å². The van der Waals surface area contributed by atoms with E-state index >= 15 is 0 Å². The summed E-state index contributed by atoms with van der Waals surface area (Å²) in [6.45, 7) is -0.191. The van der Waals surface area contributed by atoms with Gasteiger partial charge in [0.2, 0.25) is 0 Å². The first-order valence-electron chi connectivity index (χ1n) is 6.35. The lowest BCUT2D eigenvalue weighted by Crippen LogP contribution is -2.36. The molecular formula is C13H20NO6P. The summed E-state index contributed by atoms with van der Waals surface area (Å²) >= 11 is 0. The fraction of sp³-hybridized carbons (Fsp3) is 0.462. The fourth-order valence-electron chi connectivity index (χ4n) is 1.66. The SMILES string of the molecule is COP(=O)(OC)[C@@H](CCO)NC(=O)OCc1ccccc1. The molecule has 0 bridgehead atoms. The molecule has 0 aromatic heterocycles. The Morgan fingerprint density at radius 3 is 2.43 bits per heavy atom. The molecule has 0 saturated carbocycles. The molecule has 2 N–H and O–H groups in total. The van der Waals surface area contributed by atoms with E-state index in [1.165, 1.54) is 14.2 Å². The van der Waals surface area contributed by atoms with Crippen LogP contribution in [-0.4, -0.2) is 37.8 Å². The van der Waals surface area contributed by atoms with Gasteiger partial charge in [0.25, 0.3) is 0 Å². The van der Waals surface area contributed by atoms with Crippen LogP contribution in [0.2, 0.25) is 0 Å². The van der Waals surface area contributed by atoms with Crippen molar-refractivity contribution < 1.29 is 28.3 Å². The van der Waals surface area contributed by atoms with E-state index in [-0.39, 0.29) is 19.6 Å². The van der Waals surface area contributed by atoms with Crippen molar-refractivity contribution in [1.29, 1.82) is 0 Å². The monoisotopic (exact) mass is 317 g/mol.